The van der Waals surface area contributed by atoms with E-state index in [-0.39, 0.29) is 6.61 Å². The third-order valence-corrected chi connectivity index (χ3v) is 4.03. The average Bonchev–Trinajstić information content (AvgIpc) is 3.10. The molecular formula is C20H17N3O2. The summed E-state index contributed by atoms with van der Waals surface area (Å²) in [6.45, 7) is 0.303. The molecule has 4 rings (SSSR count). The summed E-state index contributed by atoms with van der Waals surface area (Å²) >= 11 is 0. The Morgan fingerprint density at radius 2 is 1.64 bits per heavy atom. The molecule has 3 aromatic heterocycles. The van der Waals surface area contributed by atoms with Crippen LogP contribution in [-0.4, -0.2) is 32.7 Å². The van der Waals surface area contributed by atoms with Gasteiger partial charge in [-0.3, -0.25) is 9.38 Å². The maximum atomic E-state index is 8.83. The van der Waals surface area contributed by atoms with Crippen molar-refractivity contribution >= 4 is 5.65 Å². The highest BCUT2D eigenvalue weighted by Crippen LogP contribution is 2.26. The number of hydrogen-bond donors (Lipinski definition) is 1. The molecule has 4 aromatic rings. The van der Waals surface area contributed by atoms with Gasteiger partial charge in [-0.15, -0.1) is 0 Å². The number of hydrogen-bond acceptors (Lipinski definition) is 4. The molecule has 0 bridgehead atoms. The van der Waals surface area contributed by atoms with E-state index in [1.165, 1.54) is 0 Å². The van der Waals surface area contributed by atoms with Crippen LogP contribution >= 0.6 is 0 Å². The zero-order chi connectivity index (χ0) is 17.1. The molecule has 0 fully saturated rings. The van der Waals surface area contributed by atoms with E-state index >= 15 is 0 Å². The van der Waals surface area contributed by atoms with Crippen LogP contribution in [0.5, 0.6) is 5.75 Å². The van der Waals surface area contributed by atoms with E-state index in [4.69, 9.17) is 9.84 Å². The van der Waals surface area contributed by atoms with Crippen LogP contribution in [0.3, 0.4) is 0 Å². The van der Waals surface area contributed by atoms with Gasteiger partial charge in [0.2, 0.25) is 0 Å². The molecule has 0 aliphatic heterocycles. The first kappa shape index (κ1) is 15.4. The van der Waals surface area contributed by atoms with Crippen LogP contribution in [0, 0.1) is 0 Å². The first-order chi connectivity index (χ1) is 12.3. The minimum Gasteiger partial charge on any atom is -0.491 e. The number of aliphatic hydroxyl groups is 1. The third-order valence-electron chi connectivity index (χ3n) is 4.03. The molecule has 5 nitrogen and oxygen atoms in total. The summed E-state index contributed by atoms with van der Waals surface area (Å²) in [7, 11) is 0. The highest BCUT2D eigenvalue weighted by molar-refractivity contribution is 5.69. The number of benzene rings is 1. The van der Waals surface area contributed by atoms with Crippen molar-refractivity contribution in [1.82, 2.24) is 14.4 Å². The van der Waals surface area contributed by atoms with Crippen molar-refractivity contribution in [3.63, 3.8) is 0 Å². The highest BCUT2D eigenvalue weighted by Gasteiger charge is 2.08. The second-order valence-electron chi connectivity index (χ2n) is 5.62. The van der Waals surface area contributed by atoms with Crippen LogP contribution in [0.2, 0.25) is 0 Å². The molecule has 0 spiro atoms. The van der Waals surface area contributed by atoms with Gasteiger partial charge < -0.3 is 9.84 Å². The van der Waals surface area contributed by atoms with Gasteiger partial charge >= 0.3 is 0 Å². The van der Waals surface area contributed by atoms with Gasteiger partial charge in [0.25, 0.3) is 0 Å². The molecule has 3 heterocycles. The monoisotopic (exact) mass is 331 g/mol. The number of pyridine rings is 2. The number of nitrogens with zero attached hydrogens (tertiary/aromatic N) is 3. The quantitative estimate of drug-likeness (QED) is 0.609. The largest absolute Gasteiger partial charge is 0.491 e. The summed E-state index contributed by atoms with van der Waals surface area (Å²) in [4.78, 5) is 8.56. The number of fused-ring (bicyclic) bond motifs is 1. The van der Waals surface area contributed by atoms with Crippen molar-refractivity contribution in [3.05, 3.63) is 73.3 Å². The molecule has 0 unspecified atom stereocenters. The van der Waals surface area contributed by atoms with Gasteiger partial charge in [0.1, 0.15) is 18.0 Å². The molecule has 5 heteroatoms. The third kappa shape index (κ3) is 3.09. The Morgan fingerprint density at radius 3 is 2.40 bits per heavy atom. The van der Waals surface area contributed by atoms with Crippen molar-refractivity contribution < 1.29 is 9.84 Å². The SMILES string of the molecule is OCCOc1ccc(-c2cnc3ccc(-c4ccncc4)cn23)cc1. The van der Waals surface area contributed by atoms with E-state index in [1.807, 2.05) is 48.7 Å². The lowest BCUT2D eigenvalue weighted by Crippen LogP contribution is -2.01. The van der Waals surface area contributed by atoms with Crippen LogP contribution in [-0.2, 0) is 0 Å². The maximum Gasteiger partial charge on any atom is 0.137 e. The van der Waals surface area contributed by atoms with Gasteiger partial charge in [0, 0.05) is 24.2 Å². The minimum absolute atomic E-state index is 0.00674. The van der Waals surface area contributed by atoms with E-state index in [9.17, 15) is 0 Å². The summed E-state index contributed by atoms with van der Waals surface area (Å²) in [6.07, 6.45) is 7.54. The standard InChI is InChI=1S/C20H17N3O2/c24-11-12-25-18-4-1-16(2-5-18)19-13-22-20-6-3-17(14-23(19)20)15-7-9-21-10-8-15/h1-10,13-14,24H,11-12H2. The van der Waals surface area contributed by atoms with Gasteiger partial charge in [-0.25, -0.2) is 4.98 Å². The van der Waals surface area contributed by atoms with Crippen LogP contribution < -0.4 is 4.74 Å². The van der Waals surface area contributed by atoms with Crippen LogP contribution in [0.4, 0.5) is 0 Å². The van der Waals surface area contributed by atoms with Gasteiger partial charge in [0.05, 0.1) is 18.5 Å². The predicted molar refractivity (Wildman–Crippen MR) is 96.4 cm³/mol. The normalized spacial score (nSPS) is 10.9. The number of imidazole rings is 1. The molecule has 25 heavy (non-hydrogen) atoms. The molecule has 0 saturated carbocycles. The number of aromatic nitrogens is 3. The Morgan fingerprint density at radius 1 is 0.880 bits per heavy atom. The minimum atomic E-state index is 0.00674. The molecule has 0 radical (unpaired) electrons. The lowest BCUT2D eigenvalue weighted by molar-refractivity contribution is 0.201. The highest BCUT2D eigenvalue weighted by atomic mass is 16.5. The lowest BCUT2D eigenvalue weighted by atomic mass is 10.1. The smallest absolute Gasteiger partial charge is 0.137 e. The fourth-order valence-corrected chi connectivity index (χ4v) is 2.79. The molecule has 0 aliphatic carbocycles. The molecule has 0 saturated heterocycles. The molecule has 1 aromatic carbocycles. The van der Waals surface area contributed by atoms with Crippen LogP contribution in [0.1, 0.15) is 0 Å². The predicted octanol–water partition coefficient (Wildman–Crippen LogP) is 3.43. The fourth-order valence-electron chi connectivity index (χ4n) is 2.79. The second kappa shape index (κ2) is 6.75. The Kier molecular flexibility index (Phi) is 4.14. The summed E-state index contributed by atoms with van der Waals surface area (Å²) in [6, 6.07) is 15.8. The molecule has 1 N–H and O–H groups in total. The van der Waals surface area contributed by atoms with E-state index in [1.54, 1.807) is 12.4 Å². The Labute approximate surface area is 145 Å². The van der Waals surface area contributed by atoms with Crippen molar-refractivity contribution in [2.45, 2.75) is 0 Å². The topological polar surface area (TPSA) is 59.7 Å². The average molecular weight is 331 g/mol. The number of aliphatic hydroxyl groups excluding tert-OH is 1. The number of ether oxygens (including phenoxy) is 1. The van der Waals surface area contributed by atoms with Gasteiger partial charge in [-0.1, -0.05) is 0 Å². The van der Waals surface area contributed by atoms with Crippen molar-refractivity contribution in [2.75, 3.05) is 13.2 Å². The lowest BCUT2D eigenvalue weighted by Gasteiger charge is -2.07. The van der Waals surface area contributed by atoms with Gasteiger partial charge in [-0.2, -0.15) is 0 Å². The van der Waals surface area contributed by atoms with Crippen LogP contribution in [0.25, 0.3) is 28.0 Å². The fraction of sp³-hybridized carbons (Fsp3) is 0.100. The second-order valence-corrected chi connectivity index (χ2v) is 5.62. The molecule has 0 aliphatic rings. The maximum absolute atomic E-state index is 8.83. The van der Waals surface area contributed by atoms with Gasteiger partial charge in [0.15, 0.2) is 0 Å². The Hall–Kier alpha value is -3.18. The van der Waals surface area contributed by atoms with Gasteiger partial charge in [-0.05, 0) is 59.7 Å². The summed E-state index contributed by atoms with van der Waals surface area (Å²) in [5.41, 5.74) is 5.19. The first-order valence-electron chi connectivity index (χ1n) is 8.07. The molecule has 124 valence electrons. The first-order valence-corrected chi connectivity index (χ1v) is 8.07. The van der Waals surface area contributed by atoms with E-state index in [0.717, 1.165) is 33.8 Å². The number of rotatable bonds is 5. The van der Waals surface area contributed by atoms with E-state index in [2.05, 4.69) is 26.6 Å². The molecular weight excluding hydrogens is 314 g/mol. The van der Waals surface area contributed by atoms with Crippen molar-refractivity contribution in [3.8, 4) is 28.1 Å². The Bertz CT molecular complexity index is 979. The van der Waals surface area contributed by atoms with E-state index in [0.29, 0.717) is 6.61 Å². The van der Waals surface area contributed by atoms with E-state index < -0.39 is 0 Å². The summed E-state index contributed by atoms with van der Waals surface area (Å²) in [5, 5.41) is 8.83. The van der Waals surface area contributed by atoms with Crippen molar-refractivity contribution in [1.29, 1.82) is 0 Å². The molecule has 0 amide bonds. The summed E-state index contributed by atoms with van der Waals surface area (Å²) < 4.78 is 7.50. The Balaban J connectivity index is 1.72. The van der Waals surface area contributed by atoms with Crippen molar-refractivity contribution in [2.24, 2.45) is 0 Å². The molecule has 0 atom stereocenters. The summed E-state index contributed by atoms with van der Waals surface area (Å²) in [5.74, 6) is 0.740. The zero-order valence-electron chi connectivity index (χ0n) is 13.5. The zero-order valence-corrected chi connectivity index (χ0v) is 13.5. The van der Waals surface area contributed by atoms with Crippen LogP contribution in [0.15, 0.2) is 73.3 Å².